The Morgan fingerprint density at radius 3 is 2.60 bits per heavy atom. The van der Waals surface area contributed by atoms with Gasteiger partial charge in [0.1, 0.15) is 15.6 Å². The van der Waals surface area contributed by atoms with Gasteiger partial charge in [-0.05, 0) is 24.9 Å². The molecule has 114 valence electrons. The van der Waals surface area contributed by atoms with Crippen LogP contribution < -0.4 is 10.1 Å². The zero-order chi connectivity index (χ0) is 15.0. The van der Waals surface area contributed by atoms with Gasteiger partial charge in [-0.3, -0.25) is 0 Å². The van der Waals surface area contributed by atoms with Crippen molar-refractivity contribution >= 4 is 9.84 Å². The van der Waals surface area contributed by atoms with Gasteiger partial charge in [0.2, 0.25) is 0 Å². The van der Waals surface area contributed by atoms with Gasteiger partial charge in [0.25, 0.3) is 0 Å². The summed E-state index contributed by atoms with van der Waals surface area (Å²) >= 11 is 0. The Morgan fingerprint density at radius 1 is 1.25 bits per heavy atom. The Labute approximate surface area is 122 Å². The Kier molecular flexibility index (Phi) is 7.02. The van der Waals surface area contributed by atoms with E-state index in [9.17, 15) is 8.42 Å². The van der Waals surface area contributed by atoms with Crippen molar-refractivity contribution in [1.29, 1.82) is 0 Å². The van der Waals surface area contributed by atoms with Crippen molar-refractivity contribution in [1.82, 2.24) is 5.32 Å². The maximum atomic E-state index is 11.0. The molecule has 0 saturated heterocycles. The van der Waals surface area contributed by atoms with Crippen molar-refractivity contribution in [3.63, 3.8) is 0 Å². The van der Waals surface area contributed by atoms with Crippen LogP contribution in [-0.4, -0.2) is 33.6 Å². The van der Waals surface area contributed by atoms with Crippen molar-refractivity contribution in [3.05, 3.63) is 29.8 Å². The predicted octanol–water partition coefficient (Wildman–Crippen LogP) is 2.25. The topological polar surface area (TPSA) is 55.4 Å². The summed E-state index contributed by atoms with van der Waals surface area (Å²) in [5, 5.41) is 3.38. The molecule has 1 rings (SSSR count). The lowest BCUT2D eigenvalue weighted by molar-refractivity contribution is 0.313. The van der Waals surface area contributed by atoms with Crippen LogP contribution in [0.4, 0.5) is 0 Å². The SMILES string of the molecule is CC(C)CNCc1ccccc1OCCCS(C)(=O)=O. The Hall–Kier alpha value is -1.07. The number of rotatable bonds is 9. The van der Waals surface area contributed by atoms with Gasteiger partial charge in [-0.2, -0.15) is 0 Å². The van der Waals surface area contributed by atoms with E-state index >= 15 is 0 Å². The van der Waals surface area contributed by atoms with Gasteiger partial charge >= 0.3 is 0 Å². The first-order valence-corrected chi connectivity index (χ1v) is 9.03. The number of para-hydroxylation sites is 1. The molecule has 1 aromatic rings. The summed E-state index contributed by atoms with van der Waals surface area (Å²) in [6.45, 7) is 6.48. The van der Waals surface area contributed by atoms with Crippen molar-refractivity contribution in [3.8, 4) is 5.75 Å². The van der Waals surface area contributed by atoms with E-state index in [0.29, 0.717) is 18.9 Å². The quantitative estimate of drug-likeness (QED) is 0.711. The van der Waals surface area contributed by atoms with Crippen LogP contribution in [0.3, 0.4) is 0 Å². The zero-order valence-corrected chi connectivity index (χ0v) is 13.4. The lowest BCUT2D eigenvalue weighted by Gasteiger charge is -2.13. The summed E-state index contributed by atoms with van der Waals surface area (Å²) in [4.78, 5) is 0. The highest BCUT2D eigenvalue weighted by atomic mass is 32.2. The van der Waals surface area contributed by atoms with E-state index in [2.05, 4.69) is 19.2 Å². The minimum atomic E-state index is -2.90. The molecule has 0 atom stereocenters. The third-order valence-electron chi connectivity index (χ3n) is 2.76. The highest BCUT2D eigenvalue weighted by Gasteiger charge is 2.05. The van der Waals surface area contributed by atoms with Crippen LogP contribution in [0, 0.1) is 5.92 Å². The van der Waals surface area contributed by atoms with Gasteiger partial charge in [0, 0.05) is 18.4 Å². The Bertz CT molecular complexity index is 498. The molecule has 0 saturated carbocycles. The van der Waals surface area contributed by atoms with E-state index in [-0.39, 0.29) is 5.75 Å². The molecule has 4 nitrogen and oxygen atoms in total. The average Bonchev–Trinajstić information content (AvgIpc) is 2.34. The Morgan fingerprint density at radius 2 is 1.95 bits per heavy atom. The molecule has 0 amide bonds. The normalized spacial score (nSPS) is 11.8. The first-order chi connectivity index (χ1) is 9.38. The van der Waals surface area contributed by atoms with E-state index < -0.39 is 9.84 Å². The molecule has 0 heterocycles. The third kappa shape index (κ3) is 7.50. The number of hydrogen-bond acceptors (Lipinski definition) is 4. The molecule has 0 aliphatic carbocycles. The first-order valence-electron chi connectivity index (χ1n) is 6.97. The molecule has 0 radical (unpaired) electrons. The molecule has 0 bridgehead atoms. The fourth-order valence-corrected chi connectivity index (χ4v) is 2.43. The number of benzene rings is 1. The van der Waals surface area contributed by atoms with E-state index in [1.165, 1.54) is 6.26 Å². The maximum Gasteiger partial charge on any atom is 0.147 e. The largest absolute Gasteiger partial charge is 0.493 e. The van der Waals surface area contributed by atoms with Gasteiger partial charge in [-0.25, -0.2) is 8.42 Å². The fourth-order valence-electron chi connectivity index (χ4n) is 1.79. The van der Waals surface area contributed by atoms with Gasteiger partial charge < -0.3 is 10.1 Å². The second kappa shape index (κ2) is 8.27. The summed E-state index contributed by atoms with van der Waals surface area (Å²) < 4.78 is 27.8. The van der Waals surface area contributed by atoms with Crippen molar-refractivity contribution in [2.45, 2.75) is 26.8 Å². The Balaban J connectivity index is 2.44. The van der Waals surface area contributed by atoms with Crippen LogP contribution in [0.1, 0.15) is 25.8 Å². The standard InChI is InChI=1S/C15H25NO3S/c1-13(2)11-16-12-14-7-4-5-8-15(14)19-9-6-10-20(3,17)18/h4-5,7-8,13,16H,6,9-12H2,1-3H3. The molecule has 0 aliphatic rings. The molecule has 0 unspecified atom stereocenters. The minimum Gasteiger partial charge on any atom is -0.493 e. The van der Waals surface area contributed by atoms with Crippen LogP contribution in [-0.2, 0) is 16.4 Å². The van der Waals surface area contributed by atoms with E-state index in [1.54, 1.807) is 0 Å². The highest BCUT2D eigenvalue weighted by molar-refractivity contribution is 7.90. The number of ether oxygens (including phenoxy) is 1. The molecule has 5 heteroatoms. The van der Waals surface area contributed by atoms with Crippen LogP contribution >= 0.6 is 0 Å². The predicted molar refractivity (Wildman–Crippen MR) is 82.8 cm³/mol. The summed E-state index contributed by atoms with van der Waals surface area (Å²) in [6.07, 6.45) is 1.77. The second-order valence-corrected chi connectivity index (χ2v) is 7.72. The molecule has 0 spiro atoms. The van der Waals surface area contributed by atoms with Crippen molar-refractivity contribution in [2.75, 3.05) is 25.2 Å². The molecular formula is C15H25NO3S. The van der Waals surface area contributed by atoms with Crippen LogP contribution in [0.5, 0.6) is 5.75 Å². The van der Waals surface area contributed by atoms with Gasteiger partial charge in [-0.1, -0.05) is 32.0 Å². The van der Waals surface area contributed by atoms with Crippen molar-refractivity contribution in [2.24, 2.45) is 5.92 Å². The minimum absolute atomic E-state index is 0.167. The van der Waals surface area contributed by atoms with Crippen molar-refractivity contribution < 1.29 is 13.2 Å². The van der Waals surface area contributed by atoms with E-state index in [4.69, 9.17) is 4.74 Å². The maximum absolute atomic E-state index is 11.0. The smallest absolute Gasteiger partial charge is 0.147 e. The summed E-state index contributed by atoms with van der Waals surface area (Å²) in [5.41, 5.74) is 1.10. The van der Waals surface area contributed by atoms with Crippen LogP contribution in [0.15, 0.2) is 24.3 Å². The monoisotopic (exact) mass is 299 g/mol. The lowest BCUT2D eigenvalue weighted by atomic mass is 10.2. The molecule has 0 aliphatic heterocycles. The lowest BCUT2D eigenvalue weighted by Crippen LogP contribution is -2.19. The fraction of sp³-hybridized carbons (Fsp3) is 0.600. The molecule has 1 aromatic carbocycles. The van der Waals surface area contributed by atoms with Gasteiger partial charge in [0.15, 0.2) is 0 Å². The zero-order valence-electron chi connectivity index (χ0n) is 12.6. The highest BCUT2D eigenvalue weighted by Crippen LogP contribution is 2.18. The van der Waals surface area contributed by atoms with Gasteiger partial charge in [0.05, 0.1) is 12.4 Å². The number of sulfone groups is 1. The van der Waals surface area contributed by atoms with Crippen LogP contribution in [0.2, 0.25) is 0 Å². The third-order valence-corrected chi connectivity index (χ3v) is 3.79. The summed E-state index contributed by atoms with van der Waals surface area (Å²) in [5.74, 6) is 1.61. The average molecular weight is 299 g/mol. The van der Waals surface area contributed by atoms with E-state index in [0.717, 1.165) is 24.4 Å². The molecule has 0 fully saturated rings. The van der Waals surface area contributed by atoms with E-state index in [1.807, 2.05) is 24.3 Å². The van der Waals surface area contributed by atoms with Crippen LogP contribution in [0.25, 0.3) is 0 Å². The van der Waals surface area contributed by atoms with Gasteiger partial charge in [-0.15, -0.1) is 0 Å². The molecule has 20 heavy (non-hydrogen) atoms. The summed E-state index contributed by atoms with van der Waals surface area (Å²) in [7, 11) is -2.90. The second-order valence-electron chi connectivity index (χ2n) is 5.46. The summed E-state index contributed by atoms with van der Waals surface area (Å²) in [6, 6.07) is 7.86. The molecular weight excluding hydrogens is 274 g/mol. The number of nitrogens with one attached hydrogen (secondary N) is 1. The molecule has 1 N–H and O–H groups in total. The molecule has 0 aromatic heterocycles. The number of hydrogen-bond donors (Lipinski definition) is 1. The first kappa shape index (κ1) is 17.0.